The van der Waals surface area contributed by atoms with Crippen molar-refractivity contribution in [3.05, 3.63) is 48.0 Å². The normalized spacial score (nSPS) is 23.3. The lowest BCUT2D eigenvalue weighted by Crippen LogP contribution is -2.46. The van der Waals surface area contributed by atoms with Gasteiger partial charge in [-0.05, 0) is 94.9 Å². The zero-order chi connectivity index (χ0) is 34.9. The molecule has 2 saturated heterocycles. The number of likely N-dealkylation sites (tertiary alicyclic amines) is 2. The van der Waals surface area contributed by atoms with Crippen molar-refractivity contribution in [3.63, 3.8) is 0 Å². The Balaban J connectivity index is 1.18. The quantitative estimate of drug-likeness (QED) is 0.226. The first-order valence-electron chi connectivity index (χ1n) is 17.9. The van der Waals surface area contributed by atoms with Gasteiger partial charge < -0.3 is 38.8 Å². The summed E-state index contributed by atoms with van der Waals surface area (Å²) in [5.74, 6) is 2.12. The third kappa shape index (κ3) is 5.92. The van der Waals surface area contributed by atoms with Crippen LogP contribution in [0.2, 0.25) is 0 Å². The number of methoxy groups -OCH3 is 1. The van der Waals surface area contributed by atoms with Crippen molar-refractivity contribution >= 4 is 40.0 Å². The van der Waals surface area contributed by atoms with Crippen LogP contribution in [0, 0.1) is 17.8 Å². The van der Waals surface area contributed by atoms with Crippen molar-refractivity contribution < 1.29 is 29.0 Å². The maximum absolute atomic E-state index is 14.3. The van der Waals surface area contributed by atoms with E-state index in [0.717, 1.165) is 53.7 Å². The van der Waals surface area contributed by atoms with Crippen LogP contribution in [-0.4, -0.2) is 91.5 Å². The van der Waals surface area contributed by atoms with Crippen LogP contribution in [0.3, 0.4) is 0 Å². The maximum Gasteiger partial charge on any atom is 0.407 e. The second-order valence-corrected chi connectivity index (χ2v) is 15.7. The number of aromatic nitrogens is 3. The number of ether oxygens (including phenoxy) is 2. The van der Waals surface area contributed by atoms with Crippen LogP contribution in [0.25, 0.3) is 33.5 Å². The van der Waals surface area contributed by atoms with Crippen molar-refractivity contribution in [3.8, 4) is 17.3 Å². The second kappa shape index (κ2) is 12.2. The molecule has 2 aliphatic carbocycles. The molecule has 4 fully saturated rings. The predicted octanol–water partition coefficient (Wildman–Crippen LogP) is 6.20. The number of carbonyl (C=O) groups is 3. The van der Waals surface area contributed by atoms with E-state index in [-0.39, 0.29) is 29.8 Å². The number of hydrogen-bond donors (Lipinski definition) is 2. The third-order valence-electron chi connectivity index (χ3n) is 11.0. The molecule has 3 amide bonds. The van der Waals surface area contributed by atoms with Crippen LogP contribution < -0.4 is 10.1 Å². The number of amides is 3. The fourth-order valence-corrected chi connectivity index (χ4v) is 8.50. The minimum Gasteiger partial charge on any atom is -0.494 e. The number of rotatable bonds is 8. The number of carboxylic acid groups (broad SMARTS) is 1. The van der Waals surface area contributed by atoms with Gasteiger partial charge in [0.2, 0.25) is 0 Å². The molecular weight excluding hydrogens is 636 g/mol. The molecule has 12 nitrogen and oxygen atoms in total. The first-order valence-corrected chi connectivity index (χ1v) is 17.9. The number of piperidine rings is 1. The predicted molar refractivity (Wildman–Crippen MR) is 188 cm³/mol. The summed E-state index contributed by atoms with van der Waals surface area (Å²) in [5.41, 5.74) is 3.50. The highest BCUT2D eigenvalue weighted by Gasteiger charge is 2.50. The highest BCUT2D eigenvalue weighted by Crippen LogP contribution is 2.42. The third-order valence-corrected chi connectivity index (χ3v) is 11.0. The molecule has 4 aromatic rings. The summed E-state index contributed by atoms with van der Waals surface area (Å²) in [7, 11) is 1.62. The number of hydrogen-bond acceptors (Lipinski definition) is 6. The van der Waals surface area contributed by atoms with E-state index in [4.69, 9.17) is 14.5 Å². The minimum absolute atomic E-state index is 0.101. The monoisotopic (exact) mass is 682 g/mol. The lowest BCUT2D eigenvalue weighted by atomic mass is 10.1. The van der Waals surface area contributed by atoms with E-state index in [1.54, 1.807) is 7.11 Å². The molecule has 4 aliphatic rings. The number of benzene rings is 2. The van der Waals surface area contributed by atoms with Crippen LogP contribution in [0.1, 0.15) is 63.2 Å². The fourth-order valence-electron chi connectivity index (χ4n) is 8.50. The Kier molecular flexibility index (Phi) is 7.95. The molecular formula is C38H46N6O6. The van der Waals surface area contributed by atoms with E-state index in [2.05, 4.69) is 44.8 Å². The first kappa shape index (κ1) is 32.5. The molecule has 0 radical (unpaired) electrons. The van der Waals surface area contributed by atoms with Crippen LogP contribution in [0.4, 0.5) is 9.59 Å². The van der Waals surface area contributed by atoms with E-state index in [1.165, 1.54) is 17.7 Å². The van der Waals surface area contributed by atoms with E-state index in [0.29, 0.717) is 48.9 Å². The molecule has 8 rings (SSSR count). The first-order chi connectivity index (χ1) is 24.0. The highest BCUT2D eigenvalue weighted by atomic mass is 16.6. The number of fused-ring (bicyclic) bond motifs is 4. The molecule has 0 unspecified atom stereocenters. The molecule has 0 spiro atoms. The van der Waals surface area contributed by atoms with E-state index >= 15 is 0 Å². The van der Waals surface area contributed by atoms with E-state index in [9.17, 15) is 19.5 Å². The van der Waals surface area contributed by atoms with Crippen molar-refractivity contribution in [1.29, 1.82) is 0 Å². The second-order valence-electron chi connectivity index (χ2n) is 15.7. The van der Waals surface area contributed by atoms with Gasteiger partial charge in [-0.1, -0.05) is 18.2 Å². The number of para-hydroxylation sites is 1. The molecule has 50 heavy (non-hydrogen) atoms. The van der Waals surface area contributed by atoms with Gasteiger partial charge in [0.15, 0.2) is 5.82 Å². The molecule has 2 bridgehead atoms. The van der Waals surface area contributed by atoms with Crippen molar-refractivity contribution in [2.24, 2.45) is 17.8 Å². The summed E-state index contributed by atoms with van der Waals surface area (Å²) < 4.78 is 16.1. The zero-order valence-electron chi connectivity index (χ0n) is 29.2. The van der Waals surface area contributed by atoms with E-state index < -0.39 is 17.8 Å². The van der Waals surface area contributed by atoms with Crippen molar-refractivity contribution in [1.82, 2.24) is 29.2 Å². The van der Waals surface area contributed by atoms with E-state index in [1.807, 2.05) is 37.8 Å². The van der Waals surface area contributed by atoms with Gasteiger partial charge >= 0.3 is 12.2 Å². The maximum atomic E-state index is 14.3. The summed E-state index contributed by atoms with van der Waals surface area (Å²) in [4.78, 5) is 47.4. The standard InChI is InChI=1S/C38H46N6O6/c1-38(2,3)50-36(46)40-32-25-11-12-29(32)43(21-25)35(45)26-15-27-33(31(17-26)49-4)44(20-23-13-14-41(18-23)37(47)48)34(39-27)30-16-24-7-5-6-8-28(24)42(30)19-22-9-10-22/h5-8,15-17,22-23,25,29,32H,9-14,18-21H2,1-4H3,(H,40,46)(H,47,48)/t23-,25+,29+,32+/m0/s1. The van der Waals surface area contributed by atoms with Gasteiger partial charge in [-0.3, -0.25) is 4.79 Å². The molecule has 2 saturated carbocycles. The Labute approximate surface area is 291 Å². The molecule has 2 aromatic heterocycles. The summed E-state index contributed by atoms with van der Waals surface area (Å²) in [5, 5.41) is 13.9. The van der Waals surface area contributed by atoms with Gasteiger partial charge in [-0.25, -0.2) is 14.6 Å². The van der Waals surface area contributed by atoms with Crippen LogP contribution in [0.5, 0.6) is 5.75 Å². The largest absolute Gasteiger partial charge is 0.494 e. The van der Waals surface area contributed by atoms with Gasteiger partial charge in [-0.15, -0.1) is 0 Å². The number of imidazole rings is 1. The molecule has 264 valence electrons. The number of nitrogens with zero attached hydrogens (tertiary/aromatic N) is 5. The van der Waals surface area contributed by atoms with Crippen LogP contribution in [-0.2, 0) is 17.8 Å². The Hall–Kier alpha value is -4.74. The highest BCUT2D eigenvalue weighted by molar-refractivity contribution is 6.00. The average Bonchev–Trinajstić information content (AvgIpc) is 3.42. The molecule has 4 atom stereocenters. The topological polar surface area (TPSA) is 131 Å². The Morgan fingerprint density at radius 2 is 1.74 bits per heavy atom. The minimum atomic E-state index is -0.896. The molecule has 2 aromatic carbocycles. The summed E-state index contributed by atoms with van der Waals surface area (Å²) in [6.45, 7) is 8.51. The van der Waals surface area contributed by atoms with Gasteiger partial charge in [-0.2, -0.15) is 0 Å². The molecule has 4 heterocycles. The average molecular weight is 683 g/mol. The SMILES string of the molecule is COc1cc(C(=O)N2C[C@H]3CC[C@@H]2[C@@H]3NC(=O)OC(C)(C)C)cc2nc(-c3cc4ccccc4n3CC3CC3)n(C[C@H]3CCN(C(=O)O)C3)c12. The van der Waals surface area contributed by atoms with Crippen molar-refractivity contribution in [2.75, 3.05) is 26.7 Å². The van der Waals surface area contributed by atoms with Crippen LogP contribution >= 0.6 is 0 Å². The number of carbonyl (C=O) groups excluding carboxylic acids is 2. The summed E-state index contributed by atoms with van der Waals surface area (Å²) in [6, 6.07) is 14.0. The zero-order valence-corrected chi connectivity index (χ0v) is 29.2. The molecule has 2 aliphatic heterocycles. The lowest BCUT2D eigenvalue weighted by molar-refractivity contribution is 0.0485. The summed E-state index contributed by atoms with van der Waals surface area (Å²) in [6.07, 6.45) is 3.58. The number of nitrogens with one attached hydrogen (secondary N) is 1. The smallest absolute Gasteiger partial charge is 0.407 e. The van der Waals surface area contributed by atoms with Gasteiger partial charge in [0.05, 0.1) is 30.4 Å². The lowest BCUT2D eigenvalue weighted by Gasteiger charge is -2.28. The Morgan fingerprint density at radius 3 is 2.46 bits per heavy atom. The molecule has 12 heteroatoms. The van der Waals surface area contributed by atoms with Gasteiger partial charge in [0, 0.05) is 49.2 Å². The molecule has 2 N–H and O–H groups in total. The van der Waals surface area contributed by atoms with Gasteiger partial charge in [0.1, 0.15) is 16.9 Å². The fraction of sp³-hybridized carbons (Fsp3) is 0.526. The van der Waals surface area contributed by atoms with Crippen LogP contribution in [0.15, 0.2) is 42.5 Å². The van der Waals surface area contributed by atoms with Gasteiger partial charge in [0.25, 0.3) is 5.91 Å². The van der Waals surface area contributed by atoms with Crippen molar-refractivity contribution in [2.45, 2.75) is 83.6 Å². The Bertz CT molecular complexity index is 1990. The number of alkyl carbamates (subject to hydrolysis) is 1. The summed E-state index contributed by atoms with van der Waals surface area (Å²) >= 11 is 0. The Morgan fingerprint density at radius 1 is 0.960 bits per heavy atom.